The molecule has 1 fully saturated rings. The molecule has 3 rings (SSSR count). The number of hydrogen-bond donors (Lipinski definition) is 1. The summed E-state index contributed by atoms with van der Waals surface area (Å²) < 4.78 is 1.93. The summed E-state index contributed by atoms with van der Waals surface area (Å²) in [6.07, 6.45) is 2.60. The third kappa shape index (κ3) is 2.58. The van der Waals surface area contributed by atoms with Crippen molar-refractivity contribution in [2.45, 2.75) is 53.1 Å². The van der Waals surface area contributed by atoms with E-state index in [1.165, 1.54) is 18.4 Å². The summed E-state index contributed by atoms with van der Waals surface area (Å²) in [6, 6.07) is 2.69. The Bertz CT molecular complexity index is 620. The quantitative estimate of drug-likeness (QED) is 0.925. The Balaban J connectivity index is 1.94. The Morgan fingerprint density at radius 3 is 2.60 bits per heavy atom. The fourth-order valence-corrected chi connectivity index (χ4v) is 2.49. The van der Waals surface area contributed by atoms with Gasteiger partial charge in [0.2, 0.25) is 0 Å². The second kappa shape index (κ2) is 4.98. The number of nitrogens with zero attached hydrogens (tertiary/aromatic N) is 4. The van der Waals surface area contributed by atoms with Crippen LogP contribution in [0, 0.1) is 27.7 Å². The van der Waals surface area contributed by atoms with Gasteiger partial charge in [-0.3, -0.25) is 0 Å². The molecule has 0 atom stereocenters. The van der Waals surface area contributed by atoms with Crippen molar-refractivity contribution in [1.29, 1.82) is 0 Å². The van der Waals surface area contributed by atoms with Crippen LogP contribution in [0.2, 0.25) is 0 Å². The molecule has 5 heteroatoms. The van der Waals surface area contributed by atoms with E-state index in [0.29, 0.717) is 6.04 Å². The number of aryl methyl sites for hydroxylation is 3. The first-order chi connectivity index (χ1) is 9.54. The van der Waals surface area contributed by atoms with Crippen LogP contribution in [0.5, 0.6) is 0 Å². The summed E-state index contributed by atoms with van der Waals surface area (Å²) in [6.45, 7) is 8.97. The highest BCUT2D eigenvalue weighted by atomic mass is 15.3. The van der Waals surface area contributed by atoms with Crippen LogP contribution in [0.3, 0.4) is 0 Å². The van der Waals surface area contributed by atoms with Crippen molar-refractivity contribution >= 4 is 0 Å². The molecule has 0 bridgehead atoms. The van der Waals surface area contributed by atoms with Crippen LogP contribution >= 0.6 is 0 Å². The Hall–Kier alpha value is -1.75. The average molecular weight is 271 g/mol. The van der Waals surface area contributed by atoms with E-state index in [0.717, 1.165) is 35.3 Å². The van der Waals surface area contributed by atoms with E-state index < -0.39 is 0 Å². The largest absolute Gasteiger partial charge is 0.310 e. The van der Waals surface area contributed by atoms with Crippen molar-refractivity contribution in [3.8, 4) is 5.82 Å². The van der Waals surface area contributed by atoms with Gasteiger partial charge in [-0.05, 0) is 40.5 Å². The molecule has 106 valence electrons. The predicted octanol–water partition coefficient (Wildman–Crippen LogP) is 2.15. The molecule has 2 heterocycles. The van der Waals surface area contributed by atoms with Crippen LogP contribution in [-0.2, 0) is 6.54 Å². The van der Waals surface area contributed by atoms with Crippen molar-refractivity contribution in [1.82, 2.24) is 25.1 Å². The fraction of sp³-hybridized carbons (Fsp3) is 0.533. The standard InChI is InChI=1S/C15H21N5/c1-9-7-15(18-12(4)17-9)20-11(3)14(10(2)19-20)8-16-13-5-6-13/h7,13,16H,5-6,8H2,1-4H3. The lowest BCUT2D eigenvalue weighted by Gasteiger charge is -2.07. The molecule has 0 unspecified atom stereocenters. The molecule has 2 aromatic rings. The van der Waals surface area contributed by atoms with Crippen LogP contribution in [0.4, 0.5) is 0 Å². The van der Waals surface area contributed by atoms with E-state index in [9.17, 15) is 0 Å². The second-order valence-electron chi connectivity index (χ2n) is 5.63. The third-order valence-corrected chi connectivity index (χ3v) is 3.76. The van der Waals surface area contributed by atoms with Gasteiger partial charge in [0.25, 0.3) is 0 Å². The van der Waals surface area contributed by atoms with E-state index in [1.807, 2.05) is 24.6 Å². The highest BCUT2D eigenvalue weighted by Crippen LogP contribution is 2.22. The van der Waals surface area contributed by atoms with Crippen molar-refractivity contribution in [2.24, 2.45) is 0 Å². The van der Waals surface area contributed by atoms with Gasteiger partial charge >= 0.3 is 0 Å². The molecule has 1 aliphatic carbocycles. The first kappa shape index (κ1) is 13.2. The first-order valence-electron chi connectivity index (χ1n) is 7.15. The molecule has 0 saturated heterocycles. The van der Waals surface area contributed by atoms with Crippen LogP contribution < -0.4 is 5.32 Å². The lowest BCUT2D eigenvalue weighted by Crippen LogP contribution is -2.16. The van der Waals surface area contributed by atoms with Gasteiger partial charge in [-0.25, -0.2) is 14.6 Å². The highest BCUT2D eigenvalue weighted by molar-refractivity contribution is 5.33. The Morgan fingerprint density at radius 1 is 1.20 bits per heavy atom. The maximum absolute atomic E-state index is 4.65. The Morgan fingerprint density at radius 2 is 1.95 bits per heavy atom. The Labute approximate surface area is 119 Å². The van der Waals surface area contributed by atoms with Gasteiger partial charge in [-0.2, -0.15) is 5.10 Å². The van der Waals surface area contributed by atoms with E-state index >= 15 is 0 Å². The van der Waals surface area contributed by atoms with Gasteiger partial charge in [-0.1, -0.05) is 0 Å². The van der Waals surface area contributed by atoms with Gasteiger partial charge in [0, 0.05) is 35.6 Å². The molecule has 2 aromatic heterocycles. The number of rotatable bonds is 4. The number of hydrogen-bond acceptors (Lipinski definition) is 4. The maximum atomic E-state index is 4.65. The van der Waals surface area contributed by atoms with Crippen LogP contribution in [-0.4, -0.2) is 25.8 Å². The van der Waals surface area contributed by atoms with Gasteiger partial charge < -0.3 is 5.32 Å². The lowest BCUT2D eigenvalue weighted by atomic mass is 10.2. The van der Waals surface area contributed by atoms with Gasteiger partial charge in [-0.15, -0.1) is 0 Å². The van der Waals surface area contributed by atoms with E-state index in [4.69, 9.17) is 0 Å². The number of nitrogens with one attached hydrogen (secondary N) is 1. The fourth-order valence-electron chi connectivity index (χ4n) is 2.49. The average Bonchev–Trinajstić information content (AvgIpc) is 3.14. The zero-order chi connectivity index (χ0) is 14.3. The minimum Gasteiger partial charge on any atom is -0.310 e. The summed E-state index contributed by atoms with van der Waals surface area (Å²) in [4.78, 5) is 8.82. The highest BCUT2D eigenvalue weighted by Gasteiger charge is 2.22. The molecule has 0 aromatic carbocycles. The Kier molecular flexibility index (Phi) is 3.30. The normalized spacial score (nSPS) is 14.8. The molecule has 1 saturated carbocycles. The third-order valence-electron chi connectivity index (χ3n) is 3.76. The van der Waals surface area contributed by atoms with E-state index in [2.05, 4.69) is 34.2 Å². The molecular weight excluding hydrogens is 250 g/mol. The van der Waals surface area contributed by atoms with Crippen LogP contribution in [0.15, 0.2) is 6.07 Å². The second-order valence-corrected chi connectivity index (χ2v) is 5.63. The molecule has 0 radical (unpaired) electrons. The van der Waals surface area contributed by atoms with Crippen molar-refractivity contribution in [3.63, 3.8) is 0 Å². The number of aromatic nitrogens is 4. The zero-order valence-corrected chi connectivity index (χ0v) is 12.6. The topological polar surface area (TPSA) is 55.6 Å². The smallest absolute Gasteiger partial charge is 0.157 e. The zero-order valence-electron chi connectivity index (χ0n) is 12.6. The maximum Gasteiger partial charge on any atom is 0.157 e. The molecular formula is C15H21N5. The minimum absolute atomic E-state index is 0.709. The van der Waals surface area contributed by atoms with Gasteiger partial charge in [0.05, 0.1) is 5.69 Å². The van der Waals surface area contributed by atoms with Gasteiger partial charge in [0.1, 0.15) is 5.82 Å². The van der Waals surface area contributed by atoms with Crippen LogP contribution in [0.1, 0.15) is 41.3 Å². The summed E-state index contributed by atoms with van der Waals surface area (Å²) in [5.41, 5.74) is 4.49. The predicted molar refractivity (Wildman–Crippen MR) is 78.0 cm³/mol. The van der Waals surface area contributed by atoms with Gasteiger partial charge in [0.15, 0.2) is 5.82 Å². The van der Waals surface area contributed by atoms with Crippen molar-refractivity contribution < 1.29 is 0 Å². The van der Waals surface area contributed by atoms with E-state index in [1.54, 1.807) is 0 Å². The minimum atomic E-state index is 0.709. The summed E-state index contributed by atoms with van der Waals surface area (Å²) in [5, 5.41) is 8.20. The molecule has 1 N–H and O–H groups in total. The summed E-state index contributed by atoms with van der Waals surface area (Å²) >= 11 is 0. The van der Waals surface area contributed by atoms with Crippen LogP contribution in [0.25, 0.3) is 5.82 Å². The molecule has 0 aliphatic heterocycles. The SMILES string of the molecule is Cc1cc(-n2nc(C)c(CNC3CC3)c2C)nc(C)n1. The molecule has 1 aliphatic rings. The first-order valence-corrected chi connectivity index (χ1v) is 7.15. The van der Waals surface area contributed by atoms with Crippen molar-refractivity contribution in [3.05, 3.63) is 34.5 Å². The van der Waals surface area contributed by atoms with Crippen molar-refractivity contribution in [2.75, 3.05) is 0 Å². The molecule has 5 nitrogen and oxygen atoms in total. The molecule has 0 spiro atoms. The van der Waals surface area contributed by atoms with E-state index in [-0.39, 0.29) is 0 Å². The molecule has 0 amide bonds. The summed E-state index contributed by atoms with van der Waals surface area (Å²) in [5.74, 6) is 1.64. The summed E-state index contributed by atoms with van der Waals surface area (Å²) in [7, 11) is 0. The lowest BCUT2D eigenvalue weighted by molar-refractivity contribution is 0.681. The molecule has 20 heavy (non-hydrogen) atoms. The monoisotopic (exact) mass is 271 g/mol.